The van der Waals surface area contributed by atoms with Crippen molar-refractivity contribution in [1.82, 2.24) is 5.32 Å². The van der Waals surface area contributed by atoms with Gasteiger partial charge in [0.1, 0.15) is 0 Å². The molecule has 1 aromatic rings. The van der Waals surface area contributed by atoms with Gasteiger partial charge in [-0.2, -0.15) is 0 Å². The highest BCUT2D eigenvalue weighted by atomic mass is 16.4. The number of benzene rings is 1. The second-order valence-corrected chi connectivity index (χ2v) is 5.93. The van der Waals surface area contributed by atoms with Gasteiger partial charge >= 0.3 is 5.97 Å². The Balaban J connectivity index is 2.33. The van der Waals surface area contributed by atoms with E-state index in [1.165, 1.54) is 37.7 Å². The maximum atomic E-state index is 10.9. The third kappa shape index (κ3) is 6.76. The standard InChI is InChI=1S/C18H29NO2/c1-4-5-6-7-8-14(2)19-13-16-9-11-17(12-10-16)15(3)18(20)21/h9-12,14-15,19H,4-8,13H2,1-3H3,(H,20,21). The molecule has 1 aromatic carbocycles. The molecule has 2 atom stereocenters. The summed E-state index contributed by atoms with van der Waals surface area (Å²) in [5.41, 5.74) is 2.07. The highest BCUT2D eigenvalue weighted by Crippen LogP contribution is 2.16. The highest BCUT2D eigenvalue weighted by molar-refractivity contribution is 5.75. The lowest BCUT2D eigenvalue weighted by molar-refractivity contribution is -0.138. The second-order valence-electron chi connectivity index (χ2n) is 5.93. The van der Waals surface area contributed by atoms with Gasteiger partial charge in [0.2, 0.25) is 0 Å². The lowest BCUT2D eigenvalue weighted by Gasteiger charge is -2.14. The van der Waals surface area contributed by atoms with E-state index in [-0.39, 0.29) is 0 Å². The van der Waals surface area contributed by atoms with Crippen molar-refractivity contribution in [2.24, 2.45) is 0 Å². The molecule has 0 saturated carbocycles. The van der Waals surface area contributed by atoms with Crippen LogP contribution in [0.15, 0.2) is 24.3 Å². The summed E-state index contributed by atoms with van der Waals surface area (Å²) in [6.45, 7) is 7.02. The van der Waals surface area contributed by atoms with Crippen LogP contribution in [0.5, 0.6) is 0 Å². The van der Waals surface area contributed by atoms with Crippen molar-refractivity contribution < 1.29 is 9.90 Å². The molecule has 1 rings (SSSR count). The molecule has 0 radical (unpaired) electrons. The van der Waals surface area contributed by atoms with Crippen LogP contribution in [0, 0.1) is 0 Å². The van der Waals surface area contributed by atoms with E-state index in [4.69, 9.17) is 5.11 Å². The smallest absolute Gasteiger partial charge is 0.310 e. The summed E-state index contributed by atoms with van der Waals surface area (Å²) in [5.74, 6) is -1.22. The van der Waals surface area contributed by atoms with E-state index < -0.39 is 11.9 Å². The normalized spacial score (nSPS) is 13.9. The van der Waals surface area contributed by atoms with Crippen molar-refractivity contribution in [2.45, 2.75) is 71.4 Å². The minimum atomic E-state index is -0.776. The van der Waals surface area contributed by atoms with Gasteiger partial charge in [-0.25, -0.2) is 0 Å². The van der Waals surface area contributed by atoms with Gasteiger partial charge in [-0.3, -0.25) is 4.79 Å². The quantitative estimate of drug-likeness (QED) is 0.631. The molecule has 0 aliphatic heterocycles. The third-order valence-corrected chi connectivity index (χ3v) is 4.00. The van der Waals surface area contributed by atoms with Crippen LogP contribution in [0.25, 0.3) is 0 Å². The van der Waals surface area contributed by atoms with Crippen molar-refractivity contribution in [3.05, 3.63) is 35.4 Å². The summed E-state index contributed by atoms with van der Waals surface area (Å²) in [6.07, 6.45) is 6.44. The topological polar surface area (TPSA) is 49.3 Å². The molecule has 0 bridgehead atoms. The maximum Gasteiger partial charge on any atom is 0.310 e. The third-order valence-electron chi connectivity index (χ3n) is 4.00. The number of carboxylic acid groups (broad SMARTS) is 1. The van der Waals surface area contributed by atoms with Crippen LogP contribution in [-0.2, 0) is 11.3 Å². The van der Waals surface area contributed by atoms with E-state index in [2.05, 4.69) is 19.2 Å². The molecular formula is C18H29NO2. The van der Waals surface area contributed by atoms with Crippen LogP contribution in [0.1, 0.15) is 69.9 Å². The van der Waals surface area contributed by atoms with Crippen molar-refractivity contribution in [3.63, 3.8) is 0 Å². The molecule has 0 aliphatic rings. The fourth-order valence-corrected chi connectivity index (χ4v) is 2.34. The zero-order chi connectivity index (χ0) is 15.7. The lowest BCUT2D eigenvalue weighted by atomic mass is 10.00. The zero-order valence-corrected chi connectivity index (χ0v) is 13.6. The fourth-order valence-electron chi connectivity index (χ4n) is 2.34. The minimum Gasteiger partial charge on any atom is -0.481 e. The van der Waals surface area contributed by atoms with E-state index >= 15 is 0 Å². The van der Waals surface area contributed by atoms with Crippen LogP contribution in [-0.4, -0.2) is 17.1 Å². The van der Waals surface area contributed by atoms with E-state index in [1.54, 1.807) is 6.92 Å². The second kappa shape index (κ2) is 9.56. The van der Waals surface area contributed by atoms with E-state index in [9.17, 15) is 4.79 Å². The van der Waals surface area contributed by atoms with Crippen molar-refractivity contribution >= 4 is 5.97 Å². The van der Waals surface area contributed by atoms with Crippen LogP contribution in [0.4, 0.5) is 0 Å². The highest BCUT2D eigenvalue weighted by Gasteiger charge is 2.12. The number of nitrogens with one attached hydrogen (secondary N) is 1. The summed E-state index contributed by atoms with van der Waals surface area (Å²) < 4.78 is 0. The Morgan fingerprint density at radius 3 is 2.38 bits per heavy atom. The average molecular weight is 291 g/mol. The maximum absolute atomic E-state index is 10.9. The van der Waals surface area contributed by atoms with Crippen molar-refractivity contribution in [2.75, 3.05) is 0 Å². The van der Waals surface area contributed by atoms with Gasteiger partial charge in [0.25, 0.3) is 0 Å². The molecule has 118 valence electrons. The Kier molecular flexibility index (Phi) is 8.06. The summed E-state index contributed by atoms with van der Waals surface area (Å²) >= 11 is 0. The molecule has 3 heteroatoms. The van der Waals surface area contributed by atoms with Gasteiger partial charge in [0.15, 0.2) is 0 Å². The average Bonchev–Trinajstić information content (AvgIpc) is 2.49. The number of carbonyl (C=O) groups is 1. The van der Waals surface area contributed by atoms with Gasteiger partial charge in [0.05, 0.1) is 5.92 Å². The van der Waals surface area contributed by atoms with Crippen LogP contribution in [0.2, 0.25) is 0 Å². The summed E-state index contributed by atoms with van der Waals surface area (Å²) in [4.78, 5) is 10.9. The summed E-state index contributed by atoms with van der Waals surface area (Å²) in [6, 6.07) is 8.40. The van der Waals surface area contributed by atoms with E-state index in [0.29, 0.717) is 6.04 Å². The van der Waals surface area contributed by atoms with Crippen LogP contribution in [0.3, 0.4) is 0 Å². The first-order valence-corrected chi connectivity index (χ1v) is 8.09. The van der Waals surface area contributed by atoms with Crippen LogP contribution < -0.4 is 5.32 Å². The van der Waals surface area contributed by atoms with E-state index in [0.717, 1.165) is 12.1 Å². The monoisotopic (exact) mass is 291 g/mol. The molecule has 2 N–H and O–H groups in total. The van der Waals surface area contributed by atoms with Gasteiger partial charge in [-0.15, -0.1) is 0 Å². The van der Waals surface area contributed by atoms with Crippen LogP contribution >= 0.6 is 0 Å². The summed E-state index contributed by atoms with van der Waals surface area (Å²) in [5, 5.41) is 12.5. The zero-order valence-electron chi connectivity index (χ0n) is 13.6. The SMILES string of the molecule is CCCCCCC(C)NCc1ccc(C(C)C(=O)O)cc1. The Morgan fingerprint density at radius 2 is 1.81 bits per heavy atom. The predicted molar refractivity (Wildman–Crippen MR) is 87.6 cm³/mol. The fraction of sp³-hybridized carbons (Fsp3) is 0.611. The molecule has 2 unspecified atom stereocenters. The number of rotatable bonds is 10. The lowest BCUT2D eigenvalue weighted by Crippen LogP contribution is -2.25. The van der Waals surface area contributed by atoms with Gasteiger partial charge in [0, 0.05) is 12.6 Å². The van der Waals surface area contributed by atoms with Gasteiger partial charge < -0.3 is 10.4 Å². The number of hydrogen-bond acceptors (Lipinski definition) is 2. The number of hydrogen-bond donors (Lipinski definition) is 2. The number of unbranched alkanes of at least 4 members (excludes halogenated alkanes) is 3. The first kappa shape index (κ1) is 17.7. The van der Waals surface area contributed by atoms with Crippen molar-refractivity contribution in [3.8, 4) is 0 Å². The molecule has 0 amide bonds. The molecule has 0 aromatic heterocycles. The molecule has 0 saturated heterocycles. The number of aliphatic carboxylic acids is 1. The largest absolute Gasteiger partial charge is 0.481 e. The number of carboxylic acids is 1. The van der Waals surface area contributed by atoms with Crippen molar-refractivity contribution in [1.29, 1.82) is 0 Å². The molecule has 0 aliphatic carbocycles. The minimum absolute atomic E-state index is 0.440. The Bertz CT molecular complexity index is 414. The molecule has 0 fully saturated rings. The van der Waals surface area contributed by atoms with Gasteiger partial charge in [-0.05, 0) is 31.4 Å². The predicted octanol–water partition coefficient (Wildman–Crippen LogP) is 4.32. The first-order chi connectivity index (χ1) is 10.0. The Morgan fingerprint density at radius 1 is 1.14 bits per heavy atom. The molecule has 0 spiro atoms. The molecule has 0 heterocycles. The Hall–Kier alpha value is -1.35. The molecule has 21 heavy (non-hydrogen) atoms. The molecule has 3 nitrogen and oxygen atoms in total. The first-order valence-electron chi connectivity index (χ1n) is 8.09. The summed E-state index contributed by atoms with van der Waals surface area (Å²) in [7, 11) is 0. The molecular weight excluding hydrogens is 262 g/mol. The van der Waals surface area contributed by atoms with Gasteiger partial charge in [-0.1, -0.05) is 56.9 Å². The van der Waals surface area contributed by atoms with E-state index in [1.807, 2.05) is 24.3 Å². The Labute approximate surface area is 128 Å².